The van der Waals surface area contributed by atoms with Crippen LogP contribution in [0.25, 0.3) is 0 Å². The molecule has 0 heterocycles. The van der Waals surface area contributed by atoms with E-state index in [4.69, 9.17) is 9.47 Å². The van der Waals surface area contributed by atoms with Crippen LogP contribution in [-0.2, 0) is 14.8 Å². The highest BCUT2D eigenvalue weighted by Gasteiger charge is 2.39. The second kappa shape index (κ2) is 8.00. The number of anilines is 2. The van der Waals surface area contributed by atoms with Crippen LogP contribution in [0.3, 0.4) is 0 Å². The van der Waals surface area contributed by atoms with Crippen LogP contribution in [0.5, 0.6) is 11.5 Å². The number of sulfonamides is 1. The molecule has 1 aliphatic rings. The van der Waals surface area contributed by atoms with Gasteiger partial charge in [-0.1, -0.05) is 6.92 Å². The highest BCUT2D eigenvalue weighted by molar-refractivity contribution is 9.10. The fraction of sp³-hybridized carbons (Fsp3) is 0.316. The van der Waals surface area contributed by atoms with Crippen LogP contribution < -0.4 is 19.5 Å². The molecule has 0 bridgehead atoms. The van der Waals surface area contributed by atoms with Crippen LogP contribution in [0.15, 0.2) is 45.8 Å². The molecule has 2 aromatic rings. The van der Waals surface area contributed by atoms with E-state index in [2.05, 4.69) is 26.0 Å². The lowest BCUT2D eigenvalue weighted by atomic mass is 10.2. The number of methoxy groups -OCH3 is 2. The van der Waals surface area contributed by atoms with Crippen molar-refractivity contribution < 1.29 is 22.7 Å². The molecule has 2 aromatic carbocycles. The molecule has 0 spiro atoms. The molecule has 1 saturated carbocycles. The molecule has 1 amide bonds. The molecule has 1 fully saturated rings. The minimum Gasteiger partial charge on any atom is -0.496 e. The van der Waals surface area contributed by atoms with Crippen molar-refractivity contribution in [3.8, 4) is 11.5 Å². The molecule has 7 nitrogen and oxygen atoms in total. The topological polar surface area (TPSA) is 93.7 Å². The Hall–Kier alpha value is -2.26. The first kappa shape index (κ1) is 20.5. The summed E-state index contributed by atoms with van der Waals surface area (Å²) in [4.78, 5) is 12.1. The number of hydrogen-bond acceptors (Lipinski definition) is 5. The number of amides is 1. The first-order valence-corrected chi connectivity index (χ1v) is 10.9. The van der Waals surface area contributed by atoms with Crippen LogP contribution in [0.1, 0.15) is 13.3 Å². The molecule has 0 radical (unpaired) electrons. The van der Waals surface area contributed by atoms with Gasteiger partial charge in [0.1, 0.15) is 16.4 Å². The molecule has 0 unspecified atom stereocenters. The normalized spacial score (nSPS) is 18.3. The molecule has 28 heavy (non-hydrogen) atoms. The molecule has 150 valence electrons. The fourth-order valence-corrected chi connectivity index (χ4v) is 4.61. The molecular weight excluding hydrogens is 448 g/mol. The lowest BCUT2D eigenvalue weighted by Crippen LogP contribution is -2.17. The van der Waals surface area contributed by atoms with Gasteiger partial charge in [-0.25, -0.2) is 8.42 Å². The highest BCUT2D eigenvalue weighted by atomic mass is 79.9. The van der Waals surface area contributed by atoms with Crippen LogP contribution in [-0.4, -0.2) is 28.5 Å². The molecule has 2 N–H and O–H groups in total. The summed E-state index contributed by atoms with van der Waals surface area (Å²) in [7, 11) is -1.04. The van der Waals surface area contributed by atoms with Crippen molar-refractivity contribution in [1.29, 1.82) is 0 Å². The Morgan fingerprint density at radius 3 is 2.25 bits per heavy atom. The number of ether oxygens (including phenoxy) is 2. The maximum absolute atomic E-state index is 12.9. The van der Waals surface area contributed by atoms with Gasteiger partial charge in [0.2, 0.25) is 5.91 Å². The van der Waals surface area contributed by atoms with Crippen molar-refractivity contribution in [3.05, 3.63) is 40.9 Å². The number of carbonyl (C=O) groups excluding carboxylic acids is 1. The number of rotatable bonds is 7. The minimum absolute atomic E-state index is 0.0167. The van der Waals surface area contributed by atoms with E-state index in [1.54, 1.807) is 24.3 Å². The number of halogens is 1. The standard InChI is InChI=1S/C19H21BrN2O5S/c1-11-8-14(11)19(23)21-12-4-7-17(27-3)18(10-12)28(24,25)22-13-5-6-16(26-2)15(20)9-13/h4-7,9-11,14,22H,8H2,1-3H3,(H,21,23)/t11-,14-/m1/s1. The number of hydrogen-bond donors (Lipinski definition) is 2. The third-order valence-electron chi connectivity index (χ3n) is 4.57. The first-order chi connectivity index (χ1) is 13.2. The Bertz CT molecular complexity index is 1010. The lowest BCUT2D eigenvalue weighted by molar-refractivity contribution is -0.117. The maximum Gasteiger partial charge on any atom is 0.265 e. The zero-order chi connectivity index (χ0) is 20.5. The second-order valence-electron chi connectivity index (χ2n) is 6.63. The highest BCUT2D eigenvalue weighted by Crippen LogP contribution is 2.39. The number of benzene rings is 2. The molecule has 0 aromatic heterocycles. The second-order valence-corrected chi connectivity index (χ2v) is 9.13. The quantitative estimate of drug-likeness (QED) is 0.643. The summed E-state index contributed by atoms with van der Waals surface area (Å²) in [5.41, 5.74) is 0.761. The van der Waals surface area contributed by atoms with Crippen LogP contribution >= 0.6 is 15.9 Å². The van der Waals surface area contributed by atoms with Crippen molar-refractivity contribution in [3.63, 3.8) is 0 Å². The Labute approximate surface area is 172 Å². The molecule has 0 aliphatic heterocycles. The SMILES string of the molecule is COc1ccc(NS(=O)(=O)c2cc(NC(=O)[C@@H]3C[C@H]3C)ccc2OC)cc1Br. The first-order valence-electron chi connectivity index (χ1n) is 8.60. The van der Waals surface area contributed by atoms with Crippen LogP contribution in [0.4, 0.5) is 11.4 Å². The summed E-state index contributed by atoms with van der Waals surface area (Å²) in [5.74, 6) is 0.999. The van der Waals surface area contributed by atoms with E-state index in [0.717, 1.165) is 6.42 Å². The molecule has 1 aliphatic carbocycles. The molecule has 3 rings (SSSR count). The Morgan fingerprint density at radius 1 is 1.07 bits per heavy atom. The van der Waals surface area contributed by atoms with Crippen molar-refractivity contribution in [2.75, 3.05) is 24.3 Å². The monoisotopic (exact) mass is 468 g/mol. The lowest BCUT2D eigenvalue weighted by Gasteiger charge is -2.14. The Balaban J connectivity index is 1.87. The van der Waals surface area contributed by atoms with Crippen molar-refractivity contribution >= 4 is 43.2 Å². The zero-order valence-corrected chi connectivity index (χ0v) is 18.1. The Morgan fingerprint density at radius 2 is 1.68 bits per heavy atom. The summed E-state index contributed by atoms with van der Waals surface area (Å²) >= 11 is 3.33. The van der Waals surface area contributed by atoms with Crippen LogP contribution in [0, 0.1) is 11.8 Å². The summed E-state index contributed by atoms with van der Waals surface area (Å²) in [6, 6.07) is 9.37. The summed E-state index contributed by atoms with van der Waals surface area (Å²) in [6.45, 7) is 2.01. The van der Waals surface area contributed by atoms with E-state index < -0.39 is 10.0 Å². The van der Waals surface area contributed by atoms with E-state index >= 15 is 0 Å². The predicted molar refractivity (Wildman–Crippen MR) is 110 cm³/mol. The van der Waals surface area contributed by atoms with Gasteiger partial charge in [-0.3, -0.25) is 9.52 Å². The van der Waals surface area contributed by atoms with Gasteiger partial charge in [0.25, 0.3) is 10.0 Å². The van der Waals surface area contributed by atoms with E-state index in [1.807, 2.05) is 6.92 Å². The summed E-state index contributed by atoms with van der Waals surface area (Å²) < 4.78 is 39.4. The van der Waals surface area contributed by atoms with E-state index in [1.165, 1.54) is 26.4 Å². The predicted octanol–water partition coefficient (Wildman–Crippen LogP) is 3.86. The summed E-state index contributed by atoms with van der Waals surface area (Å²) in [6.07, 6.45) is 0.848. The minimum atomic E-state index is -3.95. The number of carbonyl (C=O) groups is 1. The molecular formula is C19H21BrN2O5S. The van der Waals surface area contributed by atoms with E-state index in [-0.39, 0.29) is 22.5 Å². The fourth-order valence-electron chi connectivity index (χ4n) is 2.83. The third-order valence-corrected chi connectivity index (χ3v) is 6.59. The van der Waals surface area contributed by atoms with Crippen LogP contribution in [0.2, 0.25) is 0 Å². The average Bonchev–Trinajstić information content (AvgIpc) is 3.38. The van der Waals surface area contributed by atoms with Gasteiger partial charge in [-0.2, -0.15) is 0 Å². The van der Waals surface area contributed by atoms with E-state index in [0.29, 0.717) is 27.5 Å². The van der Waals surface area contributed by atoms with Gasteiger partial charge >= 0.3 is 0 Å². The largest absolute Gasteiger partial charge is 0.496 e. The third kappa shape index (κ3) is 4.41. The van der Waals surface area contributed by atoms with Gasteiger partial charge < -0.3 is 14.8 Å². The smallest absolute Gasteiger partial charge is 0.265 e. The average molecular weight is 469 g/mol. The summed E-state index contributed by atoms with van der Waals surface area (Å²) in [5, 5.41) is 2.78. The Kier molecular flexibility index (Phi) is 5.85. The van der Waals surface area contributed by atoms with Crippen molar-refractivity contribution in [1.82, 2.24) is 0 Å². The van der Waals surface area contributed by atoms with Gasteiger partial charge in [-0.15, -0.1) is 0 Å². The zero-order valence-electron chi connectivity index (χ0n) is 15.7. The van der Waals surface area contributed by atoms with Crippen molar-refractivity contribution in [2.24, 2.45) is 11.8 Å². The van der Waals surface area contributed by atoms with Gasteiger partial charge in [0, 0.05) is 11.6 Å². The van der Waals surface area contributed by atoms with Gasteiger partial charge in [0.15, 0.2) is 0 Å². The number of nitrogens with one attached hydrogen (secondary N) is 2. The van der Waals surface area contributed by atoms with Gasteiger partial charge in [-0.05, 0) is 64.7 Å². The molecule has 0 saturated heterocycles. The van der Waals surface area contributed by atoms with Crippen molar-refractivity contribution in [2.45, 2.75) is 18.2 Å². The molecule has 2 atom stereocenters. The molecule has 9 heteroatoms. The van der Waals surface area contributed by atoms with E-state index in [9.17, 15) is 13.2 Å². The van der Waals surface area contributed by atoms with Gasteiger partial charge in [0.05, 0.1) is 24.4 Å². The maximum atomic E-state index is 12.9.